The number of nitrogens with zero attached hydrogens (tertiary/aromatic N) is 1. The van der Waals surface area contributed by atoms with Crippen molar-refractivity contribution in [3.05, 3.63) is 90.9 Å². The van der Waals surface area contributed by atoms with Gasteiger partial charge < -0.3 is 21.9 Å². The quantitative estimate of drug-likeness (QED) is 0.0696. The van der Waals surface area contributed by atoms with Crippen LogP contribution in [0.3, 0.4) is 0 Å². The largest absolute Gasteiger partial charge is 0.512 e. The molecule has 0 bridgehead atoms. The molecule has 2 heterocycles. The van der Waals surface area contributed by atoms with Crippen molar-refractivity contribution in [2.24, 2.45) is 11.8 Å². The predicted octanol–water partition coefficient (Wildman–Crippen LogP) is 11.2. The maximum Gasteiger partial charge on any atom is 0.162 e. The van der Waals surface area contributed by atoms with E-state index in [0.717, 1.165) is 69.2 Å². The van der Waals surface area contributed by atoms with Gasteiger partial charge in [-0.15, -0.1) is 17.7 Å². The number of hydrogen-bond donors (Lipinski definition) is 1. The van der Waals surface area contributed by atoms with Crippen molar-refractivity contribution in [2.75, 3.05) is 0 Å². The number of halogens is 1. The van der Waals surface area contributed by atoms with Crippen molar-refractivity contribution in [3.63, 3.8) is 0 Å². The molecule has 5 aromatic rings. The van der Waals surface area contributed by atoms with Crippen molar-refractivity contribution in [1.82, 2.24) is 4.98 Å². The van der Waals surface area contributed by atoms with Gasteiger partial charge in [-0.3, -0.25) is 4.79 Å². The third-order valence-electron chi connectivity index (χ3n) is 8.77. The summed E-state index contributed by atoms with van der Waals surface area (Å²) < 4.78 is 21.1. The van der Waals surface area contributed by atoms with Gasteiger partial charge in [-0.2, -0.15) is 0 Å². The number of fused-ring (bicyclic) bond motifs is 4. The normalized spacial score (nSPS) is 11.9. The van der Waals surface area contributed by atoms with Crippen molar-refractivity contribution < 1.29 is 38.8 Å². The number of aliphatic hydroxyl groups is 1. The van der Waals surface area contributed by atoms with Crippen LogP contribution < -0.4 is 5.19 Å². The molecular formula is C40H50FIrNO3Si-2. The van der Waals surface area contributed by atoms with Crippen molar-refractivity contribution in [2.45, 2.75) is 86.9 Å². The average Bonchev–Trinajstić information content (AvgIpc) is 3.33. The van der Waals surface area contributed by atoms with Crippen molar-refractivity contribution in [3.8, 4) is 11.3 Å². The second-order valence-electron chi connectivity index (χ2n) is 13.1. The van der Waals surface area contributed by atoms with Gasteiger partial charge in [0.1, 0.15) is 11.4 Å². The molecule has 0 fully saturated rings. The second kappa shape index (κ2) is 16.8. The van der Waals surface area contributed by atoms with Crippen LogP contribution in [0.15, 0.2) is 64.9 Å². The van der Waals surface area contributed by atoms with E-state index in [1.807, 2.05) is 52.9 Å². The molecule has 3 aromatic carbocycles. The second-order valence-corrected chi connectivity index (χ2v) is 18.2. The average molecular weight is 832 g/mol. The number of aryl methyl sites for hydroxylation is 2. The van der Waals surface area contributed by atoms with E-state index in [-0.39, 0.29) is 56.7 Å². The molecule has 0 aliphatic heterocycles. The molecule has 4 nitrogen and oxygen atoms in total. The van der Waals surface area contributed by atoms with E-state index in [4.69, 9.17) is 4.42 Å². The van der Waals surface area contributed by atoms with Gasteiger partial charge in [-0.25, -0.2) is 4.39 Å². The Kier molecular flexibility index (Phi) is 14.3. The molecule has 1 N–H and O–H groups in total. The van der Waals surface area contributed by atoms with Gasteiger partial charge in [0.2, 0.25) is 0 Å². The van der Waals surface area contributed by atoms with E-state index in [1.165, 1.54) is 11.6 Å². The van der Waals surface area contributed by atoms with Gasteiger partial charge in [-0.1, -0.05) is 95.0 Å². The molecule has 0 aliphatic carbocycles. The first-order chi connectivity index (χ1) is 21.3. The first kappa shape index (κ1) is 40.1. The molecule has 0 unspecified atom stereocenters. The first-order valence-corrected chi connectivity index (χ1v) is 19.7. The zero-order valence-corrected chi connectivity index (χ0v) is 33.0. The van der Waals surface area contributed by atoms with Crippen molar-refractivity contribution >= 4 is 51.8 Å². The summed E-state index contributed by atoms with van der Waals surface area (Å²) in [6.45, 7) is 18.7. The van der Waals surface area contributed by atoms with Crippen molar-refractivity contribution in [1.29, 1.82) is 0 Å². The summed E-state index contributed by atoms with van der Waals surface area (Å²) in [4.78, 5) is 16.4. The number of pyridine rings is 1. The fourth-order valence-corrected chi connectivity index (χ4v) is 7.36. The van der Waals surface area contributed by atoms with E-state index in [1.54, 1.807) is 6.07 Å². The van der Waals surface area contributed by atoms with Crippen LogP contribution >= 0.6 is 0 Å². The maximum atomic E-state index is 14.8. The Balaban J connectivity index is 0.000000390. The van der Waals surface area contributed by atoms with Gasteiger partial charge >= 0.3 is 0 Å². The SMILES string of the molecule is CCC(CC)C(=O)/C=C(\O)C(CC)CC.Cc1[c-]c(-c2nccc3cc(C)ccc23)c2oc3cc(F)c([Si](C)(C)C)cc3c2c1.[CH3-].[Ir]. The van der Waals surface area contributed by atoms with Crippen LogP contribution in [-0.4, -0.2) is 23.9 Å². The number of aliphatic hydroxyl groups excluding tert-OH is 1. The van der Waals surface area contributed by atoms with Gasteiger partial charge in [0, 0.05) is 55.7 Å². The number of ketones is 1. The van der Waals surface area contributed by atoms with E-state index in [0.29, 0.717) is 11.2 Å². The molecule has 255 valence electrons. The molecule has 0 spiro atoms. The molecule has 0 amide bonds. The summed E-state index contributed by atoms with van der Waals surface area (Å²) in [5.41, 5.74) is 5.15. The summed E-state index contributed by atoms with van der Waals surface area (Å²) in [5, 5.41) is 14.7. The smallest absolute Gasteiger partial charge is 0.162 e. The zero-order valence-electron chi connectivity index (χ0n) is 29.6. The summed E-state index contributed by atoms with van der Waals surface area (Å²) in [7, 11) is -1.83. The molecule has 47 heavy (non-hydrogen) atoms. The molecular weight excluding hydrogens is 782 g/mol. The predicted molar refractivity (Wildman–Crippen MR) is 196 cm³/mol. The Morgan fingerprint density at radius 3 is 2.17 bits per heavy atom. The number of allylic oxidation sites excluding steroid dienone is 2. The number of aromatic nitrogens is 1. The Morgan fingerprint density at radius 2 is 1.57 bits per heavy atom. The Morgan fingerprint density at radius 1 is 0.936 bits per heavy atom. The molecule has 5 rings (SSSR count). The van der Waals surface area contributed by atoms with E-state index in [9.17, 15) is 14.3 Å². The van der Waals surface area contributed by atoms with E-state index in [2.05, 4.69) is 61.9 Å². The molecule has 0 saturated heterocycles. The number of furan rings is 1. The maximum absolute atomic E-state index is 14.8. The zero-order chi connectivity index (χ0) is 33.1. The molecule has 2 aromatic heterocycles. The fraction of sp³-hybridized carbons (Fsp3) is 0.375. The van der Waals surface area contributed by atoms with Crippen LogP contribution in [0.1, 0.15) is 64.5 Å². The first-order valence-electron chi connectivity index (χ1n) is 16.2. The number of carbonyl (C=O) groups excluding carboxylic acids is 1. The minimum atomic E-state index is -1.83. The van der Waals surface area contributed by atoms with Crippen LogP contribution in [0.2, 0.25) is 19.6 Å². The monoisotopic (exact) mass is 832 g/mol. The van der Waals surface area contributed by atoms with Gasteiger partial charge in [0.25, 0.3) is 0 Å². The standard InChI is InChI=1S/C26H23FNOSi.C13H24O2.CH3.Ir/c1-15-6-7-18-17(10-15)8-9-28-25(18)21-12-16(2)11-20-19-13-24(30(3,4)5)22(27)14-23(19)29-26(20)21;1-5-10(6-2)12(14)9-13(15)11(7-3)8-4;;/h6-11,13-14H,1-5H3;9-11,14H,5-8H2,1-4H3;1H3;/q-1;;-1;/b;12-9-;;. The van der Waals surface area contributed by atoms with Crippen LogP contribution in [0.4, 0.5) is 4.39 Å². The Bertz CT molecular complexity index is 1860. The topological polar surface area (TPSA) is 63.3 Å². The molecule has 1 radical (unpaired) electrons. The Hall–Kier alpha value is -3.12. The van der Waals surface area contributed by atoms with E-state index >= 15 is 0 Å². The number of benzene rings is 3. The number of rotatable bonds is 9. The molecule has 0 aliphatic rings. The van der Waals surface area contributed by atoms with Gasteiger partial charge in [-0.05, 0) is 60.3 Å². The van der Waals surface area contributed by atoms with Gasteiger partial charge in [0.15, 0.2) is 5.78 Å². The summed E-state index contributed by atoms with van der Waals surface area (Å²) in [6, 6.07) is 17.4. The number of carbonyl (C=O) groups is 1. The summed E-state index contributed by atoms with van der Waals surface area (Å²) in [6.07, 6.45) is 6.73. The fourth-order valence-electron chi connectivity index (χ4n) is 5.99. The van der Waals surface area contributed by atoms with E-state index < -0.39 is 8.07 Å². The third-order valence-corrected chi connectivity index (χ3v) is 10.8. The van der Waals surface area contributed by atoms with Gasteiger partial charge in [0.05, 0.1) is 19.4 Å². The van der Waals surface area contributed by atoms with Crippen LogP contribution in [0.5, 0.6) is 0 Å². The summed E-state index contributed by atoms with van der Waals surface area (Å²) >= 11 is 0. The molecule has 7 heteroatoms. The van der Waals surface area contributed by atoms with Crippen LogP contribution in [0.25, 0.3) is 44.0 Å². The number of hydrogen-bond acceptors (Lipinski definition) is 4. The minimum absolute atomic E-state index is 0. The van der Waals surface area contributed by atoms with Crippen LogP contribution in [0, 0.1) is 45.0 Å². The summed E-state index contributed by atoms with van der Waals surface area (Å²) in [5.74, 6) is 0.368. The third kappa shape index (κ3) is 8.87. The molecule has 0 atom stereocenters. The molecule has 0 saturated carbocycles. The minimum Gasteiger partial charge on any atom is -0.512 e. The Labute approximate surface area is 295 Å². The van der Waals surface area contributed by atoms with Crippen LogP contribution in [-0.2, 0) is 24.9 Å².